The number of hydrogen-bond donors (Lipinski definition) is 0. The molecule has 0 saturated heterocycles. The number of para-hydroxylation sites is 1. The zero-order valence-electron chi connectivity index (χ0n) is 31.8. The van der Waals surface area contributed by atoms with Crippen molar-refractivity contribution in [1.29, 1.82) is 0 Å². The Kier molecular flexibility index (Phi) is 7.08. The second-order valence-corrected chi connectivity index (χ2v) is 16.1. The molecule has 0 saturated carbocycles. The Bertz CT molecular complexity index is 2950. The topological polar surface area (TPSA) is 4.93 Å². The normalized spacial score (nSPS) is 18.4. The SMILES string of the molecule is C1=CC2=C(CC1)C(C1=Cc3c(n(-c4ccccc4)c4ccc(C5(c6ccccc6)c6ccccc6-c6ccccc65)cc34)CC1)(c1ccccc1)c1ccccc12. The van der Waals surface area contributed by atoms with Crippen LogP contribution in [-0.2, 0) is 17.3 Å². The molecule has 1 atom stereocenters. The lowest BCUT2D eigenvalue weighted by atomic mass is 9.63. The molecule has 4 aliphatic carbocycles. The molecule has 57 heavy (non-hydrogen) atoms. The Hall–Kier alpha value is -6.70. The van der Waals surface area contributed by atoms with Crippen LogP contribution in [0.2, 0.25) is 0 Å². The van der Waals surface area contributed by atoms with E-state index < -0.39 is 5.41 Å². The Morgan fingerprint density at radius 2 is 1.02 bits per heavy atom. The molecule has 0 amide bonds. The van der Waals surface area contributed by atoms with Crippen LogP contribution in [0.5, 0.6) is 0 Å². The highest BCUT2D eigenvalue weighted by Crippen LogP contribution is 2.60. The molecule has 1 nitrogen and oxygen atoms in total. The van der Waals surface area contributed by atoms with Gasteiger partial charge in [0.2, 0.25) is 0 Å². The average molecular weight is 728 g/mol. The van der Waals surface area contributed by atoms with Gasteiger partial charge in [0.05, 0.1) is 16.3 Å². The van der Waals surface area contributed by atoms with Crippen LogP contribution in [-0.4, -0.2) is 4.57 Å². The van der Waals surface area contributed by atoms with E-state index in [-0.39, 0.29) is 5.41 Å². The molecule has 8 aromatic rings. The number of nitrogens with zero attached hydrogens (tertiary/aromatic N) is 1. The number of aromatic nitrogens is 1. The molecule has 0 fully saturated rings. The highest BCUT2D eigenvalue weighted by molar-refractivity contribution is 5.98. The summed E-state index contributed by atoms with van der Waals surface area (Å²) in [5.41, 5.74) is 21.0. The first kappa shape index (κ1) is 32.5. The lowest BCUT2D eigenvalue weighted by molar-refractivity contribution is 0.641. The maximum atomic E-state index is 2.63. The summed E-state index contributed by atoms with van der Waals surface area (Å²) in [6.45, 7) is 0. The van der Waals surface area contributed by atoms with E-state index in [0.29, 0.717) is 0 Å². The molecule has 7 aromatic carbocycles. The van der Waals surface area contributed by atoms with Crippen molar-refractivity contribution < 1.29 is 0 Å². The Morgan fingerprint density at radius 1 is 0.456 bits per heavy atom. The molecular weight excluding hydrogens is 687 g/mol. The minimum Gasteiger partial charge on any atom is -0.313 e. The Morgan fingerprint density at radius 3 is 1.68 bits per heavy atom. The number of hydrogen-bond acceptors (Lipinski definition) is 0. The van der Waals surface area contributed by atoms with Crippen LogP contribution in [0.25, 0.3) is 39.4 Å². The van der Waals surface area contributed by atoms with Crippen LogP contribution < -0.4 is 0 Å². The summed E-state index contributed by atoms with van der Waals surface area (Å²) in [7, 11) is 0. The summed E-state index contributed by atoms with van der Waals surface area (Å²) < 4.78 is 2.55. The van der Waals surface area contributed by atoms with Gasteiger partial charge in [-0.1, -0.05) is 182 Å². The van der Waals surface area contributed by atoms with Crippen molar-refractivity contribution in [3.05, 3.63) is 255 Å². The molecule has 4 aliphatic rings. The fraction of sp³-hybridized carbons (Fsp3) is 0.107. The summed E-state index contributed by atoms with van der Waals surface area (Å²) >= 11 is 0. The van der Waals surface area contributed by atoms with Gasteiger partial charge in [-0.3, -0.25) is 0 Å². The highest BCUT2D eigenvalue weighted by atomic mass is 15.0. The van der Waals surface area contributed by atoms with Gasteiger partial charge in [-0.05, 0) is 111 Å². The van der Waals surface area contributed by atoms with Crippen molar-refractivity contribution in [3.63, 3.8) is 0 Å². The van der Waals surface area contributed by atoms with Crippen LogP contribution in [0, 0.1) is 0 Å². The molecule has 0 spiro atoms. The molecule has 12 rings (SSSR count). The number of rotatable bonds is 5. The van der Waals surface area contributed by atoms with Crippen LogP contribution in [0.4, 0.5) is 0 Å². The molecule has 0 radical (unpaired) electrons. The largest absolute Gasteiger partial charge is 0.313 e. The standard InChI is InChI=1S/C56H41N/c1-4-18-38(19-5-1)55(49-28-14-10-24-43(49)44-25-11-15-29-50(44)55)40-32-34-53-47(36-40)48-37-41(33-35-54(48)57(53)42-22-8-3-9-23-42)56(39-20-6-2-7-21-39)51-30-16-12-26-45(51)46-27-13-17-31-52(46)56/h1-16,18-30,32,34,36-37H,17,31,33,35H2. The van der Waals surface area contributed by atoms with E-state index >= 15 is 0 Å². The van der Waals surface area contributed by atoms with E-state index in [1.165, 1.54) is 89.1 Å². The van der Waals surface area contributed by atoms with Gasteiger partial charge in [-0.15, -0.1) is 0 Å². The van der Waals surface area contributed by atoms with Crippen molar-refractivity contribution in [3.8, 4) is 16.8 Å². The number of fused-ring (bicyclic) bond motifs is 8. The second-order valence-electron chi connectivity index (χ2n) is 16.1. The first-order chi connectivity index (χ1) is 28.3. The molecule has 0 bridgehead atoms. The van der Waals surface area contributed by atoms with E-state index in [1.54, 1.807) is 5.57 Å². The number of benzene rings is 7. The van der Waals surface area contributed by atoms with Gasteiger partial charge in [0, 0.05) is 22.3 Å². The Labute approximate surface area is 334 Å². The van der Waals surface area contributed by atoms with Crippen molar-refractivity contribution in [2.45, 2.75) is 36.5 Å². The zero-order chi connectivity index (χ0) is 37.6. The van der Waals surface area contributed by atoms with Gasteiger partial charge in [0.1, 0.15) is 0 Å². The van der Waals surface area contributed by atoms with Crippen molar-refractivity contribution in [2.24, 2.45) is 0 Å². The molecular formula is C56H41N. The van der Waals surface area contributed by atoms with E-state index in [9.17, 15) is 0 Å². The first-order valence-corrected chi connectivity index (χ1v) is 20.5. The average Bonchev–Trinajstić information content (AvgIpc) is 3.90. The third kappa shape index (κ3) is 4.35. The van der Waals surface area contributed by atoms with Gasteiger partial charge in [0.15, 0.2) is 0 Å². The third-order valence-electron chi connectivity index (χ3n) is 13.6. The van der Waals surface area contributed by atoms with Crippen molar-refractivity contribution in [1.82, 2.24) is 4.57 Å². The maximum Gasteiger partial charge on any atom is 0.0713 e. The van der Waals surface area contributed by atoms with Gasteiger partial charge >= 0.3 is 0 Å². The summed E-state index contributed by atoms with van der Waals surface area (Å²) in [6.07, 6.45) is 11.5. The van der Waals surface area contributed by atoms with Crippen LogP contribution in [0.1, 0.15) is 69.5 Å². The van der Waals surface area contributed by atoms with E-state index in [1.807, 2.05) is 0 Å². The fourth-order valence-corrected chi connectivity index (χ4v) is 11.5. The summed E-state index contributed by atoms with van der Waals surface area (Å²) in [5.74, 6) is 0. The number of allylic oxidation sites excluding steroid dienone is 5. The third-order valence-corrected chi connectivity index (χ3v) is 13.6. The van der Waals surface area contributed by atoms with E-state index in [4.69, 9.17) is 0 Å². The maximum absolute atomic E-state index is 2.63. The predicted octanol–water partition coefficient (Wildman–Crippen LogP) is 13.4. The quantitative estimate of drug-likeness (QED) is 0.166. The molecule has 0 N–H and O–H groups in total. The van der Waals surface area contributed by atoms with Gasteiger partial charge in [0.25, 0.3) is 0 Å². The predicted molar refractivity (Wildman–Crippen MR) is 236 cm³/mol. The van der Waals surface area contributed by atoms with Gasteiger partial charge < -0.3 is 4.57 Å². The molecule has 270 valence electrons. The van der Waals surface area contributed by atoms with Crippen molar-refractivity contribution >= 4 is 22.6 Å². The van der Waals surface area contributed by atoms with Gasteiger partial charge in [-0.25, -0.2) is 0 Å². The minimum atomic E-state index is -0.463. The zero-order valence-corrected chi connectivity index (χ0v) is 31.8. The monoisotopic (exact) mass is 727 g/mol. The van der Waals surface area contributed by atoms with Crippen LogP contribution in [0.3, 0.4) is 0 Å². The minimum absolute atomic E-state index is 0.316. The van der Waals surface area contributed by atoms with Crippen molar-refractivity contribution in [2.75, 3.05) is 0 Å². The molecule has 1 heterocycles. The Balaban J connectivity index is 1.18. The molecule has 0 aliphatic heterocycles. The van der Waals surface area contributed by atoms with Crippen LogP contribution in [0.15, 0.2) is 205 Å². The van der Waals surface area contributed by atoms with E-state index in [0.717, 1.165) is 25.7 Å². The lowest BCUT2D eigenvalue weighted by Crippen LogP contribution is -2.32. The van der Waals surface area contributed by atoms with E-state index in [2.05, 4.69) is 205 Å². The molecule has 1 aromatic heterocycles. The smallest absolute Gasteiger partial charge is 0.0713 e. The highest BCUT2D eigenvalue weighted by Gasteiger charge is 2.50. The summed E-state index contributed by atoms with van der Waals surface area (Å²) in [6, 6.07) is 68.4. The molecule has 1 unspecified atom stereocenters. The van der Waals surface area contributed by atoms with Gasteiger partial charge in [-0.2, -0.15) is 0 Å². The summed E-state index contributed by atoms with van der Waals surface area (Å²) in [5, 5.41) is 1.31. The fourth-order valence-electron chi connectivity index (χ4n) is 11.5. The van der Waals surface area contributed by atoms with Crippen LogP contribution >= 0.6 is 0 Å². The first-order valence-electron chi connectivity index (χ1n) is 20.5. The molecule has 1 heteroatoms. The summed E-state index contributed by atoms with van der Waals surface area (Å²) in [4.78, 5) is 0. The second kappa shape index (κ2) is 12.4. The lowest BCUT2D eigenvalue weighted by Gasteiger charge is -2.39.